The van der Waals surface area contributed by atoms with Gasteiger partial charge in [0.2, 0.25) is 6.79 Å². The average Bonchev–Trinajstić information content (AvgIpc) is 2.98. The Hall–Kier alpha value is -2.51. The first kappa shape index (κ1) is 15.4. The maximum Gasteiger partial charge on any atom is 0.257 e. The highest BCUT2D eigenvalue weighted by Gasteiger charge is 2.17. The van der Waals surface area contributed by atoms with Crippen LogP contribution in [-0.4, -0.2) is 22.9 Å². The van der Waals surface area contributed by atoms with Crippen LogP contribution in [0.25, 0.3) is 0 Å². The molecular weight excluding hydrogens is 340 g/mol. The molecule has 1 amide bonds. The summed E-state index contributed by atoms with van der Waals surface area (Å²) in [7, 11) is 0. The van der Waals surface area contributed by atoms with Gasteiger partial charge in [-0.2, -0.15) is 0 Å². The predicted octanol–water partition coefficient (Wildman–Crippen LogP) is 2.90. The number of thiocarbonyl (C=S) groups is 1. The summed E-state index contributed by atoms with van der Waals surface area (Å²) in [6.07, 6.45) is 0. The lowest BCUT2D eigenvalue weighted by Crippen LogP contribution is -2.34. The molecule has 2 aromatic rings. The number of anilines is 1. The van der Waals surface area contributed by atoms with Crippen LogP contribution in [0.4, 0.5) is 5.69 Å². The van der Waals surface area contributed by atoms with Gasteiger partial charge < -0.3 is 19.9 Å². The molecule has 0 spiro atoms. The van der Waals surface area contributed by atoms with E-state index in [0.717, 1.165) is 0 Å². The number of rotatable bonds is 2. The number of carbonyl (C=O) groups excluding carboxylic acids is 1. The Morgan fingerprint density at radius 3 is 2.78 bits per heavy atom. The zero-order chi connectivity index (χ0) is 16.4. The van der Waals surface area contributed by atoms with Crippen molar-refractivity contribution in [2.75, 3.05) is 12.1 Å². The van der Waals surface area contributed by atoms with Crippen LogP contribution in [0.1, 0.15) is 10.4 Å². The van der Waals surface area contributed by atoms with E-state index < -0.39 is 5.91 Å². The summed E-state index contributed by atoms with van der Waals surface area (Å²) in [5.74, 6) is 0.645. The third kappa shape index (κ3) is 3.46. The lowest BCUT2D eigenvalue weighted by atomic mass is 10.2. The van der Waals surface area contributed by atoms with Crippen LogP contribution in [0.15, 0.2) is 36.4 Å². The minimum atomic E-state index is -0.415. The third-order valence-corrected chi connectivity index (χ3v) is 3.51. The maximum absolute atomic E-state index is 12.2. The number of halogens is 1. The van der Waals surface area contributed by atoms with Gasteiger partial charge in [-0.25, -0.2) is 0 Å². The second-order valence-electron chi connectivity index (χ2n) is 4.64. The number of nitrogens with one attached hydrogen (secondary N) is 2. The fourth-order valence-corrected chi connectivity index (χ4v) is 2.35. The van der Waals surface area contributed by atoms with Gasteiger partial charge in [-0.05, 0) is 48.6 Å². The first-order valence-electron chi connectivity index (χ1n) is 6.53. The molecule has 0 radical (unpaired) electrons. The summed E-state index contributed by atoms with van der Waals surface area (Å²) in [6.45, 7) is 0.133. The van der Waals surface area contributed by atoms with Crippen LogP contribution >= 0.6 is 23.8 Å². The van der Waals surface area contributed by atoms with Crippen LogP contribution in [0, 0.1) is 0 Å². The van der Waals surface area contributed by atoms with E-state index in [-0.39, 0.29) is 17.7 Å². The summed E-state index contributed by atoms with van der Waals surface area (Å²) in [4.78, 5) is 12.2. The van der Waals surface area contributed by atoms with Gasteiger partial charge in [0.05, 0.1) is 5.69 Å². The standard InChI is InChI=1S/C15H11ClN2O4S/c16-9-2-3-11(19)10(6-9)17-15(23)18-14(20)8-1-4-12-13(5-8)22-7-21-12/h1-6,19H,7H2,(H2,17,18,20,23). The molecule has 23 heavy (non-hydrogen) atoms. The Morgan fingerprint density at radius 1 is 1.17 bits per heavy atom. The summed E-state index contributed by atoms with van der Waals surface area (Å²) in [5, 5.41) is 15.4. The van der Waals surface area contributed by atoms with Crippen molar-refractivity contribution in [3.8, 4) is 17.2 Å². The van der Waals surface area contributed by atoms with Crippen molar-refractivity contribution in [2.45, 2.75) is 0 Å². The predicted molar refractivity (Wildman–Crippen MR) is 89.4 cm³/mol. The highest BCUT2D eigenvalue weighted by molar-refractivity contribution is 7.80. The second-order valence-corrected chi connectivity index (χ2v) is 5.48. The molecule has 0 bridgehead atoms. The fraction of sp³-hybridized carbons (Fsp3) is 0.0667. The Labute approximate surface area is 142 Å². The minimum Gasteiger partial charge on any atom is -0.506 e. The molecule has 1 aliphatic heterocycles. The molecule has 0 saturated heterocycles. The third-order valence-electron chi connectivity index (χ3n) is 3.07. The Morgan fingerprint density at radius 2 is 1.96 bits per heavy atom. The molecule has 0 fully saturated rings. The van der Waals surface area contributed by atoms with E-state index in [2.05, 4.69) is 10.6 Å². The number of ether oxygens (including phenoxy) is 2. The van der Waals surface area contributed by atoms with Crippen LogP contribution < -0.4 is 20.1 Å². The number of benzene rings is 2. The van der Waals surface area contributed by atoms with E-state index in [1.54, 1.807) is 18.2 Å². The lowest BCUT2D eigenvalue weighted by molar-refractivity contribution is 0.0977. The maximum atomic E-state index is 12.2. The zero-order valence-electron chi connectivity index (χ0n) is 11.6. The summed E-state index contributed by atoms with van der Waals surface area (Å²) < 4.78 is 10.4. The number of fused-ring (bicyclic) bond motifs is 1. The molecule has 8 heteroatoms. The second kappa shape index (κ2) is 6.31. The van der Waals surface area contributed by atoms with E-state index in [1.165, 1.54) is 18.2 Å². The zero-order valence-corrected chi connectivity index (χ0v) is 13.2. The van der Waals surface area contributed by atoms with Gasteiger partial charge in [0.15, 0.2) is 16.6 Å². The summed E-state index contributed by atoms with van der Waals surface area (Å²) >= 11 is 10.9. The molecule has 118 valence electrons. The smallest absolute Gasteiger partial charge is 0.257 e. The van der Waals surface area contributed by atoms with Crippen molar-refractivity contribution >= 4 is 40.5 Å². The monoisotopic (exact) mass is 350 g/mol. The molecule has 1 aliphatic rings. The quantitative estimate of drug-likeness (QED) is 0.571. The average molecular weight is 351 g/mol. The van der Waals surface area contributed by atoms with Gasteiger partial charge >= 0.3 is 0 Å². The molecule has 3 rings (SSSR count). The Bertz CT molecular complexity index is 797. The topological polar surface area (TPSA) is 79.8 Å². The number of amides is 1. The molecule has 0 aliphatic carbocycles. The van der Waals surface area contributed by atoms with Crippen molar-refractivity contribution in [1.82, 2.24) is 5.32 Å². The van der Waals surface area contributed by atoms with E-state index in [4.69, 9.17) is 33.3 Å². The molecule has 0 atom stereocenters. The van der Waals surface area contributed by atoms with Gasteiger partial charge in [-0.1, -0.05) is 11.6 Å². The van der Waals surface area contributed by atoms with E-state index in [9.17, 15) is 9.90 Å². The number of hydrogen-bond donors (Lipinski definition) is 3. The molecular formula is C15H11ClN2O4S. The number of carbonyl (C=O) groups is 1. The SMILES string of the molecule is O=C(NC(=S)Nc1cc(Cl)ccc1O)c1ccc2c(c1)OCO2. The highest BCUT2D eigenvalue weighted by atomic mass is 35.5. The van der Waals surface area contributed by atoms with E-state index in [1.807, 2.05) is 0 Å². The van der Waals surface area contributed by atoms with E-state index in [0.29, 0.717) is 27.8 Å². The first-order chi connectivity index (χ1) is 11.0. The van der Waals surface area contributed by atoms with Crippen LogP contribution in [0.3, 0.4) is 0 Å². The lowest BCUT2D eigenvalue weighted by Gasteiger charge is -2.11. The van der Waals surface area contributed by atoms with Crippen molar-refractivity contribution in [2.24, 2.45) is 0 Å². The molecule has 0 saturated carbocycles. The first-order valence-corrected chi connectivity index (χ1v) is 7.32. The Kier molecular flexibility index (Phi) is 4.22. The highest BCUT2D eigenvalue weighted by Crippen LogP contribution is 2.32. The van der Waals surface area contributed by atoms with Gasteiger partial charge in [0.1, 0.15) is 5.75 Å². The summed E-state index contributed by atoms with van der Waals surface area (Å²) in [6, 6.07) is 9.27. The van der Waals surface area contributed by atoms with E-state index >= 15 is 0 Å². The Balaban J connectivity index is 1.68. The molecule has 2 aromatic carbocycles. The molecule has 3 N–H and O–H groups in total. The molecule has 0 aromatic heterocycles. The molecule has 0 unspecified atom stereocenters. The number of phenolic OH excluding ortho intramolecular Hbond substituents is 1. The minimum absolute atomic E-state index is 0.0326. The van der Waals surface area contributed by atoms with Crippen molar-refractivity contribution < 1.29 is 19.4 Å². The van der Waals surface area contributed by atoms with Gasteiger partial charge in [-0.15, -0.1) is 0 Å². The summed E-state index contributed by atoms with van der Waals surface area (Å²) in [5.41, 5.74) is 0.669. The van der Waals surface area contributed by atoms with Crippen molar-refractivity contribution in [3.63, 3.8) is 0 Å². The largest absolute Gasteiger partial charge is 0.506 e. The number of hydrogen-bond acceptors (Lipinski definition) is 5. The fourth-order valence-electron chi connectivity index (χ4n) is 1.98. The van der Waals surface area contributed by atoms with Gasteiger partial charge in [0, 0.05) is 10.6 Å². The number of phenols is 1. The van der Waals surface area contributed by atoms with Crippen LogP contribution in [-0.2, 0) is 0 Å². The molecule has 6 nitrogen and oxygen atoms in total. The number of aromatic hydroxyl groups is 1. The van der Waals surface area contributed by atoms with Crippen molar-refractivity contribution in [1.29, 1.82) is 0 Å². The normalized spacial score (nSPS) is 11.9. The van der Waals surface area contributed by atoms with Crippen LogP contribution in [0.2, 0.25) is 5.02 Å². The molecule has 1 heterocycles. The van der Waals surface area contributed by atoms with Crippen molar-refractivity contribution in [3.05, 3.63) is 47.0 Å². The van der Waals surface area contributed by atoms with Gasteiger partial charge in [0.25, 0.3) is 5.91 Å². The van der Waals surface area contributed by atoms with Gasteiger partial charge in [-0.3, -0.25) is 10.1 Å². The van der Waals surface area contributed by atoms with Crippen LogP contribution in [0.5, 0.6) is 17.2 Å².